The Morgan fingerprint density at radius 3 is 2.71 bits per heavy atom. The molecule has 3 nitrogen and oxygen atoms in total. The first-order valence-electron chi connectivity index (χ1n) is 7.10. The summed E-state index contributed by atoms with van der Waals surface area (Å²) in [6.07, 6.45) is 1.17. The van der Waals surface area contributed by atoms with Crippen LogP contribution in [-0.2, 0) is 11.2 Å². The zero-order valence-corrected chi connectivity index (χ0v) is 12.2. The minimum atomic E-state index is 0.0379. The largest absolute Gasteiger partial charge is 0.326 e. The summed E-state index contributed by atoms with van der Waals surface area (Å²) in [5.74, 6) is 0.0759. The fraction of sp³-hybridized carbons (Fsp3) is 0.222. The van der Waals surface area contributed by atoms with Crippen molar-refractivity contribution in [2.75, 3.05) is 5.32 Å². The Bertz CT molecular complexity index is 747. The first kappa shape index (κ1) is 13.6. The van der Waals surface area contributed by atoms with Gasteiger partial charge in [0.15, 0.2) is 5.78 Å². The Labute approximate surface area is 124 Å². The fourth-order valence-corrected chi connectivity index (χ4v) is 2.68. The highest BCUT2D eigenvalue weighted by Gasteiger charge is 2.18. The van der Waals surface area contributed by atoms with Crippen LogP contribution in [-0.4, -0.2) is 11.7 Å². The van der Waals surface area contributed by atoms with Crippen molar-refractivity contribution in [3.63, 3.8) is 0 Å². The van der Waals surface area contributed by atoms with Crippen molar-refractivity contribution in [3.8, 4) is 0 Å². The molecule has 2 aromatic carbocycles. The lowest BCUT2D eigenvalue weighted by Gasteiger charge is -2.17. The molecule has 106 valence electrons. The topological polar surface area (TPSA) is 46.2 Å². The molecule has 0 saturated carbocycles. The lowest BCUT2D eigenvalue weighted by molar-refractivity contribution is -0.116. The summed E-state index contributed by atoms with van der Waals surface area (Å²) in [7, 11) is 0. The van der Waals surface area contributed by atoms with Crippen molar-refractivity contribution in [1.82, 2.24) is 0 Å². The zero-order valence-electron chi connectivity index (χ0n) is 12.2. The van der Waals surface area contributed by atoms with Crippen LogP contribution in [0.3, 0.4) is 0 Å². The number of aryl methyl sites for hydroxylation is 2. The molecule has 1 heterocycles. The minimum Gasteiger partial charge on any atom is -0.326 e. The summed E-state index contributed by atoms with van der Waals surface area (Å²) in [4.78, 5) is 24.1. The van der Waals surface area contributed by atoms with Crippen LogP contribution in [0.1, 0.15) is 39.0 Å². The highest BCUT2D eigenvalue weighted by molar-refractivity contribution is 6.10. The van der Waals surface area contributed by atoms with Gasteiger partial charge in [0.1, 0.15) is 0 Å². The van der Waals surface area contributed by atoms with Gasteiger partial charge in [0.2, 0.25) is 5.91 Å². The van der Waals surface area contributed by atoms with E-state index in [1.54, 1.807) is 6.07 Å². The SMILES string of the molecule is Cc1cccc(C(=O)c2ccc3c(c2)CCC(=O)N3)c1C. The monoisotopic (exact) mass is 279 g/mol. The van der Waals surface area contributed by atoms with Crippen LogP contribution in [0.4, 0.5) is 5.69 Å². The summed E-state index contributed by atoms with van der Waals surface area (Å²) < 4.78 is 0. The summed E-state index contributed by atoms with van der Waals surface area (Å²) in [6, 6.07) is 11.3. The van der Waals surface area contributed by atoms with Gasteiger partial charge in [-0.25, -0.2) is 0 Å². The predicted octanol–water partition coefficient (Wildman–Crippen LogP) is 3.42. The fourth-order valence-electron chi connectivity index (χ4n) is 2.68. The maximum atomic E-state index is 12.7. The highest BCUT2D eigenvalue weighted by Crippen LogP contribution is 2.25. The molecule has 0 aromatic heterocycles. The molecule has 0 bridgehead atoms. The number of amides is 1. The maximum Gasteiger partial charge on any atom is 0.224 e. The number of ketones is 1. The van der Waals surface area contributed by atoms with E-state index in [4.69, 9.17) is 0 Å². The van der Waals surface area contributed by atoms with Crippen molar-refractivity contribution in [2.45, 2.75) is 26.7 Å². The van der Waals surface area contributed by atoms with Crippen molar-refractivity contribution < 1.29 is 9.59 Å². The number of hydrogen-bond donors (Lipinski definition) is 1. The molecule has 1 amide bonds. The quantitative estimate of drug-likeness (QED) is 0.856. The molecule has 0 unspecified atom stereocenters. The van der Waals surface area contributed by atoms with Crippen molar-refractivity contribution in [1.29, 1.82) is 0 Å². The maximum absolute atomic E-state index is 12.7. The van der Waals surface area contributed by atoms with Crippen LogP contribution in [0.5, 0.6) is 0 Å². The lowest BCUT2D eigenvalue weighted by atomic mass is 9.93. The number of hydrogen-bond acceptors (Lipinski definition) is 2. The van der Waals surface area contributed by atoms with Crippen LogP contribution in [0.15, 0.2) is 36.4 Å². The van der Waals surface area contributed by atoms with Gasteiger partial charge in [0, 0.05) is 23.2 Å². The van der Waals surface area contributed by atoms with Crippen LogP contribution in [0, 0.1) is 13.8 Å². The van der Waals surface area contributed by atoms with Crippen molar-refractivity contribution >= 4 is 17.4 Å². The van der Waals surface area contributed by atoms with Crippen molar-refractivity contribution in [3.05, 3.63) is 64.2 Å². The molecule has 21 heavy (non-hydrogen) atoms. The summed E-state index contributed by atoms with van der Waals surface area (Å²) >= 11 is 0. The van der Waals surface area contributed by atoms with E-state index in [0.29, 0.717) is 18.4 Å². The molecule has 0 radical (unpaired) electrons. The van der Waals surface area contributed by atoms with Gasteiger partial charge >= 0.3 is 0 Å². The van der Waals surface area contributed by atoms with E-state index < -0.39 is 0 Å². The van der Waals surface area contributed by atoms with Crippen LogP contribution in [0.2, 0.25) is 0 Å². The number of carbonyl (C=O) groups excluding carboxylic acids is 2. The van der Waals surface area contributed by atoms with Gasteiger partial charge in [-0.05, 0) is 55.2 Å². The van der Waals surface area contributed by atoms with E-state index >= 15 is 0 Å². The molecule has 0 spiro atoms. The molecular weight excluding hydrogens is 262 g/mol. The van der Waals surface area contributed by atoms with Gasteiger partial charge in [-0.15, -0.1) is 0 Å². The van der Waals surface area contributed by atoms with E-state index in [-0.39, 0.29) is 11.7 Å². The third kappa shape index (κ3) is 2.47. The van der Waals surface area contributed by atoms with E-state index in [2.05, 4.69) is 5.32 Å². The number of rotatable bonds is 2. The number of carbonyl (C=O) groups is 2. The van der Waals surface area contributed by atoms with Gasteiger partial charge < -0.3 is 5.32 Å². The molecule has 0 saturated heterocycles. The molecule has 0 aliphatic carbocycles. The smallest absolute Gasteiger partial charge is 0.224 e. The molecule has 1 aliphatic heterocycles. The first-order valence-corrected chi connectivity index (χ1v) is 7.10. The normalized spacial score (nSPS) is 13.5. The van der Waals surface area contributed by atoms with Gasteiger partial charge in [0.25, 0.3) is 0 Å². The average Bonchev–Trinajstić information content (AvgIpc) is 2.49. The molecule has 3 heteroatoms. The molecule has 3 rings (SSSR count). The lowest BCUT2D eigenvalue weighted by Crippen LogP contribution is -2.19. The highest BCUT2D eigenvalue weighted by atomic mass is 16.1. The Hall–Kier alpha value is -2.42. The number of nitrogens with one attached hydrogen (secondary N) is 1. The molecule has 0 atom stereocenters. The summed E-state index contributed by atoms with van der Waals surface area (Å²) in [6.45, 7) is 3.98. The molecular formula is C18H17NO2. The Morgan fingerprint density at radius 1 is 1.10 bits per heavy atom. The third-order valence-corrected chi connectivity index (χ3v) is 4.11. The van der Waals surface area contributed by atoms with Crippen molar-refractivity contribution in [2.24, 2.45) is 0 Å². The number of fused-ring (bicyclic) bond motifs is 1. The Balaban J connectivity index is 1.99. The Morgan fingerprint density at radius 2 is 1.90 bits per heavy atom. The third-order valence-electron chi connectivity index (χ3n) is 4.11. The van der Waals surface area contributed by atoms with E-state index in [0.717, 1.165) is 27.9 Å². The van der Waals surface area contributed by atoms with E-state index in [1.165, 1.54) is 0 Å². The summed E-state index contributed by atoms with van der Waals surface area (Å²) in [5.41, 5.74) is 5.42. The second kappa shape index (κ2) is 5.17. The Kier molecular flexibility index (Phi) is 3.34. The number of anilines is 1. The van der Waals surface area contributed by atoms with Gasteiger partial charge in [-0.3, -0.25) is 9.59 Å². The molecule has 0 fully saturated rings. The molecule has 2 aromatic rings. The van der Waals surface area contributed by atoms with Crippen LogP contribution >= 0.6 is 0 Å². The van der Waals surface area contributed by atoms with Gasteiger partial charge in [-0.1, -0.05) is 18.2 Å². The van der Waals surface area contributed by atoms with E-state index in [1.807, 2.05) is 44.2 Å². The number of benzene rings is 2. The predicted molar refractivity (Wildman–Crippen MR) is 82.7 cm³/mol. The van der Waals surface area contributed by atoms with Crippen LogP contribution < -0.4 is 5.32 Å². The molecule has 1 N–H and O–H groups in total. The minimum absolute atomic E-state index is 0.0379. The van der Waals surface area contributed by atoms with Crippen LogP contribution in [0.25, 0.3) is 0 Å². The first-order chi connectivity index (χ1) is 10.1. The second-order valence-corrected chi connectivity index (χ2v) is 5.50. The summed E-state index contributed by atoms with van der Waals surface area (Å²) in [5, 5.41) is 2.84. The van der Waals surface area contributed by atoms with Gasteiger partial charge in [-0.2, -0.15) is 0 Å². The average molecular weight is 279 g/mol. The zero-order chi connectivity index (χ0) is 15.0. The second-order valence-electron chi connectivity index (χ2n) is 5.50. The van der Waals surface area contributed by atoms with Gasteiger partial charge in [0.05, 0.1) is 0 Å². The standard InChI is InChI=1S/C18H17NO2/c1-11-4-3-5-15(12(11)2)18(21)14-6-8-16-13(10-14)7-9-17(20)19-16/h3-6,8,10H,7,9H2,1-2H3,(H,19,20). The molecule has 1 aliphatic rings. The van der Waals surface area contributed by atoms with E-state index in [9.17, 15) is 9.59 Å².